The van der Waals surface area contributed by atoms with E-state index in [1.807, 2.05) is 0 Å². The van der Waals surface area contributed by atoms with Crippen molar-refractivity contribution in [3.63, 3.8) is 0 Å². The Morgan fingerprint density at radius 3 is 2.67 bits per heavy atom. The first-order valence-corrected chi connectivity index (χ1v) is 5.54. The molecular weight excluding hydrogens is 188 g/mol. The molecule has 0 unspecified atom stereocenters. The number of rotatable bonds is 3. The lowest BCUT2D eigenvalue weighted by atomic mass is 10.1. The Hall–Kier alpha value is -1.32. The molecule has 4 heteroatoms. The number of hydrogen-bond donors (Lipinski definition) is 1. The number of anilines is 2. The molecule has 0 amide bonds. The molecular formula is C11H18N4. The Bertz CT molecular complexity index is 303. The Morgan fingerprint density at radius 1 is 1.33 bits per heavy atom. The summed E-state index contributed by atoms with van der Waals surface area (Å²) in [4.78, 5) is 10.5. The molecule has 0 aliphatic heterocycles. The Kier molecular flexibility index (Phi) is 3.04. The van der Waals surface area contributed by atoms with Crippen LogP contribution in [-0.4, -0.2) is 23.6 Å². The van der Waals surface area contributed by atoms with Crippen molar-refractivity contribution >= 4 is 11.6 Å². The van der Waals surface area contributed by atoms with E-state index in [0.717, 1.165) is 18.3 Å². The van der Waals surface area contributed by atoms with Crippen LogP contribution in [0.1, 0.15) is 25.7 Å². The van der Waals surface area contributed by atoms with Gasteiger partial charge in [-0.2, -0.15) is 0 Å². The zero-order valence-electron chi connectivity index (χ0n) is 9.19. The van der Waals surface area contributed by atoms with Gasteiger partial charge in [0.1, 0.15) is 11.6 Å². The van der Waals surface area contributed by atoms with Crippen molar-refractivity contribution < 1.29 is 0 Å². The highest BCUT2D eigenvalue weighted by Gasteiger charge is 2.17. The van der Waals surface area contributed by atoms with Gasteiger partial charge in [0, 0.05) is 13.6 Å². The molecule has 15 heavy (non-hydrogen) atoms. The Labute approximate surface area is 90.5 Å². The molecule has 2 rings (SSSR count). The maximum Gasteiger partial charge on any atom is 0.146 e. The third kappa shape index (κ3) is 2.58. The van der Waals surface area contributed by atoms with Crippen LogP contribution < -0.4 is 10.6 Å². The number of nitrogen functional groups attached to an aromatic ring is 1. The van der Waals surface area contributed by atoms with Crippen molar-refractivity contribution in [3.05, 3.63) is 12.4 Å². The molecule has 1 aromatic rings. The third-order valence-electron chi connectivity index (χ3n) is 3.06. The van der Waals surface area contributed by atoms with Crippen molar-refractivity contribution in [3.8, 4) is 0 Å². The first kappa shape index (κ1) is 10.2. The summed E-state index contributed by atoms with van der Waals surface area (Å²) in [5, 5.41) is 0. The van der Waals surface area contributed by atoms with E-state index in [4.69, 9.17) is 5.73 Å². The maximum atomic E-state index is 5.50. The predicted octanol–water partition coefficient (Wildman–Crippen LogP) is 1.69. The first-order chi connectivity index (χ1) is 7.25. The topological polar surface area (TPSA) is 55.0 Å². The van der Waals surface area contributed by atoms with E-state index >= 15 is 0 Å². The molecule has 1 saturated carbocycles. The van der Waals surface area contributed by atoms with Crippen molar-refractivity contribution in [1.29, 1.82) is 0 Å². The van der Waals surface area contributed by atoms with Crippen LogP contribution in [0.4, 0.5) is 11.6 Å². The fourth-order valence-corrected chi connectivity index (χ4v) is 2.20. The summed E-state index contributed by atoms with van der Waals surface area (Å²) in [7, 11) is 2.07. The SMILES string of the molecule is CN(CC1CCCC1)c1cnc(N)cn1. The molecule has 1 aliphatic carbocycles. The third-order valence-corrected chi connectivity index (χ3v) is 3.06. The van der Waals surface area contributed by atoms with Gasteiger partial charge in [0.25, 0.3) is 0 Å². The summed E-state index contributed by atoms with van der Waals surface area (Å²) >= 11 is 0. The van der Waals surface area contributed by atoms with Crippen LogP contribution in [0.5, 0.6) is 0 Å². The molecule has 0 radical (unpaired) electrons. The number of hydrogen-bond acceptors (Lipinski definition) is 4. The highest BCUT2D eigenvalue weighted by atomic mass is 15.2. The highest BCUT2D eigenvalue weighted by Crippen LogP contribution is 2.26. The fourth-order valence-electron chi connectivity index (χ4n) is 2.20. The summed E-state index contributed by atoms with van der Waals surface area (Å²) in [6.07, 6.45) is 8.82. The van der Waals surface area contributed by atoms with Crippen molar-refractivity contribution in [2.75, 3.05) is 24.2 Å². The highest BCUT2D eigenvalue weighted by molar-refractivity contribution is 5.38. The van der Waals surface area contributed by atoms with Crippen LogP contribution in [0.3, 0.4) is 0 Å². The lowest BCUT2D eigenvalue weighted by molar-refractivity contribution is 0.545. The summed E-state index contributed by atoms with van der Waals surface area (Å²) in [5.41, 5.74) is 5.50. The fraction of sp³-hybridized carbons (Fsp3) is 0.636. The van der Waals surface area contributed by atoms with Crippen LogP contribution in [0, 0.1) is 5.92 Å². The number of aromatic nitrogens is 2. The molecule has 0 atom stereocenters. The second kappa shape index (κ2) is 4.47. The molecule has 0 spiro atoms. The van der Waals surface area contributed by atoms with Gasteiger partial charge in [0.2, 0.25) is 0 Å². The second-order valence-electron chi connectivity index (χ2n) is 4.33. The largest absolute Gasteiger partial charge is 0.382 e. The van der Waals surface area contributed by atoms with Crippen LogP contribution in [0.25, 0.3) is 0 Å². The van der Waals surface area contributed by atoms with Gasteiger partial charge in [-0.05, 0) is 18.8 Å². The van der Waals surface area contributed by atoms with Gasteiger partial charge in [-0.3, -0.25) is 0 Å². The van der Waals surface area contributed by atoms with Crippen LogP contribution >= 0.6 is 0 Å². The Balaban J connectivity index is 1.94. The van der Waals surface area contributed by atoms with Gasteiger partial charge >= 0.3 is 0 Å². The lowest BCUT2D eigenvalue weighted by Crippen LogP contribution is -2.25. The average molecular weight is 206 g/mol. The normalized spacial score (nSPS) is 16.9. The van der Waals surface area contributed by atoms with Crippen LogP contribution in [0.15, 0.2) is 12.4 Å². The lowest BCUT2D eigenvalue weighted by Gasteiger charge is -2.21. The van der Waals surface area contributed by atoms with Gasteiger partial charge in [0.05, 0.1) is 12.4 Å². The van der Waals surface area contributed by atoms with E-state index in [-0.39, 0.29) is 0 Å². The molecule has 0 saturated heterocycles. The minimum atomic E-state index is 0.480. The molecule has 4 nitrogen and oxygen atoms in total. The minimum Gasteiger partial charge on any atom is -0.382 e. The smallest absolute Gasteiger partial charge is 0.146 e. The van der Waals surface area contributed by atoms with E-state index in [1.165, 1.54) is 25.7 Å². The average Bonchev–Trinajstić information content (AvgIpc) is 2.71. The molecule has 1 aromatic heterocycles. The zero-order chi connectivity index (χ0) is 10.7. The van der Waals surface area contributed by atoms with Gasteiger partial charge in [-0.25, -0.2) is 9.97 Å². The summed E-state index contributed by atoms with van der Waals surface area (Å²) in [6.45, 7) is 1.08. The number of nitrogens with zero attached hydrogens (tertiary/aromatic N) is 3. The molecule has 0 bridgehead atoms. The quantitative estimate of drug-likeness (QED) is 0.817. The van der Waals surface area contributed by atoms with Gasteiger partial charge in [-0.15, -0.1) is 0 Å². The van der Waals surface area contributed by atoms with E-state index in [9.17, 15) is 0 Å². The summed E-state index contributed by atoms with van der Waals surface area (Å²) < 4.78 is 0. The van der Waals surface area contributed by atoms with Crippen LogP contribution in [0.2, 0.25) is 0 Å². The second-order valence-corrected chi connectivity index (χ2v) is 4.33. The number of nitrogens with two attached hydrogens (primary N) is 1. The van der Waals surface area contributed by atoms with Gasteiger partial charge < -0.3 is 10.6 Å². The van der Waals surface area contributed by atoms with Gasteiger partial charge in [0.15, 0.2) is 0 Å². The Morgan fingerprint density at radius 2 is 2.07 bits per heavy atom. The van der Waals surface area contributed by atoms with Crippen LogP contribution in [-0.2, 0) is 0 Å². The standard InChI is InChI=1S/C11H18N4/c1-15(8-9-4-2-3-5-9)11-7-13-10(12)6-14-11/h6-7,9H,2-5,8H2,1H3,(H2,12,13). The van der Waals surface area contributed by atoms with E-state index in [1.54, 1.807) is 12.4 Å². The summed E-state index contributed by atoms with van der Waals surface area (Å²) in [5.74, 6) is 2.22. The van der Waals surface area contributed by atoms with Crippen molar-refractivity contribution in [2.45, 2.75) is 25.7 Å². The molecule has 1 heterocycles. The monoisotopic (exact) mass is 206 g/mol. The van der Waals surface area contributed by atoms with Crippen molar-refractivity contribution in [1.82, 2.24) is 9.97 Å². The van der Waals surface area contributed by atoms with E-state index in [2.05, 4.69) is 21.9 Å². The minimum absolute atomic E-state index is 0.480. The molecule has 0 aromatic carbocycles. The predicted molar refractivity (Wildman–Crippen MR) is 61.7 cm³/mol. The molecule has 1 fully saturated rings. The van der Waals surface area contributed by atoms with Crippen molar-refractivity contribution in [2.24, 2.45) is 5.92 Å². The van der Waals surface area contributed by atoms with Gasteiger partial charge in [-0.1, -0.05) is 12.8 Å². The molecule has 82 valence electrons. The van der Waals surface area contributed by atoms with E-state index in [0.29, 0.717) is 5.82 Å². The summed E-state index contributed by atoms with van der Waals surface area (Å²) in [6, 6.07) is 0. The van der Waals surface area contributed by atoms with E-state index < -0.39 is 0 Å². The zero-order valence-corrected chi connectivity index (χ0v) is 9.19. The molecule has 2 N–H and O–H groups in total. The maximum absolute atomic E-state index is 5.50. The molecule has 1 aliphatic rings. The first-order valence-electron chi connectivity index (χ1n) is 5.54.